The van der Waals surface area contributed by atoms with Crippen LogP contribution >= 0.6 is 11.8 Å². The molecule has 224 valence electrons. The fourth-order valence-electron chi connectivity index (χ4n) is 6.15. The van der Waals surface area contributed by atoms with Crippen LogP contribution in [0.25, 0.3) is 11.1 Å². The van der Waals surface area contributed by atoms with Crippen molar-refractivity contribution >= 4 is 23.6 Å². The fraction of sp³-hybridized carbons (Fsp3) is 0.576. The summed E-state index contributed by atoms with van der Waals surface area (Å²) >= 11 is 1.57. The van der Waals surface area contributed by atoms with Crippen LogP contribution in [-0.2, 0) is 20.8 Å². The zero-order valence-corrected chi connectivity index (χ0v) is 25.6. The van der Waals surface area contributed by atoms with Crippen molar-refractivity contribution < 1.29 is 24.2 Å². The maximum absolute atomic E-state index is 13.4. The molecular weight excluding hydrogens is 536 g/mol. The Morgan fingerprint density at radius 2 is 1.88 bits per heavy atom. The Hall–Kier alpha value is -2.39. The van der Waals surface area contributed by atoms with Gasteiger partial charge in [-0.3, -0.25) is 9.69 Å². The van der Waals surface area contributed by atoms with Crippen molar-refractivity contribution in [3.05, 3.63) is 59.2 Å². The zero-order valence-electron chi connectivity index (χ0n) is 24.8. The predicted octanol–water partition coefficient (Wildman–Crippen LogP) is 5.78. The van der Waals surface area contributed by atoms with Gasteiger partial charge in [-0.2, -0.15) is 11.8 Å². The van der Waals surface area contributed by atoms with Gasteiger partial charge < -0.3 is 19.9 Å². The van der Waals surface area contributed by atoms with Crippen molar-refractivity contribution in [2.24, 2.45) is 5.92 Å². The first kappa shape index (κ1) is 31.5. The number of carbonyl (C=O) groups is 2. The number of aryl methyl sites for hydroxylation is 1. The number of thioether (sulfide) groups is 1. The average Bonchev–Trinajstić information content (AvgIpc) is 3.37. The number of rotatable bonds is 14. The smallest absolute Gasteiger partial charge is 0.326 e. The Bertz CT molecular complexity index is 1150. The molecule has 0 bridgehead atoms. The van der Waals surface area contributed by atoms with Crippen molar-refractivity contribution in [1.82, 2.24) is 10.2 Å². The van der Waals surface area contributed by atoms with E-state index in [1.54, 1.807) is 18.9 Å². The average molecular weight is 583 g/mol. The lowest BCUT2D eigenvalue weighted by atomic mass is 9.90. The molecule has 2 N–H and O–H groups in total. The highest BCUT2D eigenvalue weighted by molar-refractivity contribution is 7.98. The number of hydrogen-bond donors (Lipinski definition) is 2. The molecule has 2 aromatic rings. The maximum atomic E-state index is 13.4. The third-order valence-electron chi connectivity index (χ3n) is 8.57. The number of aliphatic carboxylic acids is 1. The van der Waals surface area contributed by atoms with Crippen LogP contribution in [0.1, 0.15) is 66.4 Å². The summed E-state index contributed by atoms with van der Waals surface area (Å²) in [5.74, 6) is -0.0310. The molecule has 3 atom stereocenters. The van der Waals surface area contributed by atoms with Crippen LogP contribution in [0.15, 0.2) is 42.5 Å². The van der Waals surface area contributed by atoms with Crippen molar-refractivity contribution in [2.45, 2.75) is 76.6 Å². The second-order valence-corrected chi connectivity index (χ2v) is 12.5. The van der Waals surface area contributed by atoms with E-state index in [4.69, 9.17) is 9.47 Å². The van der Waals surface area contributed by atoms with Gasteiger partial charge >= 0.3 is 5.97 Å². The summed E-state index contributed by atoms with van der Waals surface area (Å²) in [5, 5.41) is 12.4. The van der Waals surface area contributed by atoms with Gasteiger partial charge in [0.2, 0.25) is 0 Å². The monoisotopic (exact) mass is 582 g/mol. The molecular formula is C33H46N2O5S. The van der Waals surface area contributed by atoms with Crippen LogP contribution in [0.2, 0.25) is 0 Å². The highest BCUT2D eigenvalue weighted by Gasteiger charge is 2.33. The number of nitrogens with zero attached hydrogens (tertiary/aromatic N) is 1. The number of methoxy groups -OCH3 is 1. The molecule has 1 aliphatic heterocycles. The number of nitrogens with one attached hydrogen (secondary N) is 1. The van der Waals surface area contributed by atoms with Crippen LogP contribution in [0.4, 0.5) is 0 Å². The quantitative estimate of drug-likeness (QED) is 0.292. The minimum Gasteiger partial charge on any atom is -0.480 e. The Morgan fingerprint density at radius 3 is 2.59 bits per heavy atom. The Morgan fingerprint density at radius 1 is 1.10 bits per heavy atom. The number of benzene rings is 2. The topological polar surface area (TPSA) is 88.1 Å². The molecule has 41 heavy (non-hydrogen) atoms. The van der Waals surface area contributed by atoms with Crippen LogP contribution in [0, 0.1) is 12.8 Å². The van der Waals surface area contributed by atoms with E-state index in [1.807, 2.05) is 49.6 Å². The summed E-state index contributed by atoms with van der Waals surface area (Å²) in [6.07, 6.45) is 9.97. The molecule has 2 aliphatic rings. The Kier molecular flexibility index (Phi) is 12.1. The predicted molar refractivity (Wildman–Crippen MR) is 166 cm³/mol. The molecule has 8 heteroatoms. The molecule has 0 spiro atoms. The van der Waals surface area contributed by atoms with Crippen LogP contribution in [0.3, 0.4) is 0 Å². The SMILES string of the molecule is COC1C[C@@H](COCC2CCCCC2)N(Cc2ccc(C(=O)N[C@@H](CCSC)C(=O)O)c(-c3ccccc3C)c2)C1. The van der Waals surface area contributed by atoms with Crippen LogP contribution in [-0.4, -0.2) is 78.9 Å². The molecule has 2 aromatic carbocycles. The maximum Gasteiger partial charge on any atom is 0.326 e. The Labute approximate surface area is 249 Å². The summed E-state index contributed by atoms with van der Waals surface area (Å²) in [6.45, 7) is 5.15. The highest BCUT2D eigenvalue weighted by atomic mass is 32.2. The largest absolute Gasteiger partial charge is 0.480 e. The Balaban J connectivity index is 1.53. The number of carbonyl (C=O) groups excluding carboxylic acids is 1. The number of hydrogen-bond acceptors (Lipinski definition) is 6. The highest BCUT2D eigenvalue weighted by Crippen LogP contribution is 2.31. The summed E-state index contributed by atoms with van der Waals surface area (Å²) in [7, 11) is 1.78. The van der Waals surface area contributed by atoms with E-state index in [9.17, 15) is 14.7 Å². The lowest BCUT2D eigenvalue weighted by Gasteiger charge is -2.26. The van der Waals surface area contributed by atoms with Crippen LogP contribution in [0.5, 0.6) is 0 Å². The molecule has 2 fully saturated rings. The molecule has 4 rings (SSSR count). The van der Waals surface area contributed by atoms with E-state index >= 15 is 0 Å². The van der Waals surface area contributed by atoms with Crippen LogP contribution < -0.4 is 5.32 Å². The minimum absolute atomic E-state index is 0.174. The zero-order chi connectivity index (χ0) is 29.2. The molecule has 0 radical (unpaired) electrons. The van der Waals surface area contributed by atoms with Crippen molar-refractivity contribution in [1.29, 1.82) is 0 Å². The summed E-state index contributed by atoms with van der Waals surface area (Å²) in [5.41, 5.74) is 4.44. The molecule has 1 unspecified atom stereocenters. The second-order valence-electron chi connectivity index (χ2n) is 11.6. The number of ether oxygens (including phenoxy) is 2. The number of carboxylic acid groups (broad SMARTS) is 1. The van der Waals surface area contributed by atoms with Crippen molar-refractivity contribution in [2.75, 3.05) is 38.9 Å². The first-order valence-electron chi connectivity index (χ1n) is 15.0. The normalized spacial score (nSPS) is 20.7. The first-order chi connectivity index (χ1) is 19.9. The van der Waals surface area contributed by atoms with Gasteiger partial charge in [0.25, 0.3) is 5.91 Å². The third kappa shape index (κ3) is 8.80. The number of amides is 1. The van der Waals surface area contributed by atoms with Gasteiger partial charge in [0.1, 0.15) is 6.04 Å². The van der Waals surface area contributed by atoms with Gasteiger partial charge in [0, 0.05) is 38.4 Å². The van der Waals surface area contributed by atoms with Gasteiger partial charge in [-0.25, -0.2) is 4.79 Å². The van der Waals surface area contributed by atoms with E-state index in [0.29, 0.717) is 30.3 Å². The number of carboxylic acids is 1. The van der Waals surface area contributed by atoms with E-state index in [-0.39, 0.29) is 18.1 Å². The van der Waals surface area contributed by atoms with E-state index in [0.717, 1.165) is 48.4 Å². The van der Waals surface area contributed by atoms with Gasteiger partial charge in [-0.1, -0.05) is 49.6 Å². The third-order valence-corrected chi connectivity index (χ3v) is 9.22. The van der Waals surface area contributed by atoms with Crippen molar-refractivity contribution in [3.8, 4) is 11.1 Å². The van der Waals surface area contributed by atoms with Crippen molar-refractivity contribution in [3.63, 3.8) is 0 Å². The standard InChI is InChI=1S/C33H46N2O5S/c1-23-9-7-8-12-28(23)30-17-25(13-14-29(30)32(36)34-31(33(37)38)15-16-41-3)19-35-20-27(39-2)18-26(35)22-40-21-24-10-5-4-6-11-24/h7-9,12-14,17,24,26-27,31H,4-6,10-11,15-16,18-22H2,1-3H3,(H,34,36)(H,37,38)/t26-,27?,31-/m0/s1. The summed E-state index contributed by atoms with van der Waals surface area (Å²) < 4.78 is 12.0. The lowest BCUT2D eigenvalue weighted by molar-refractivity contribution is -0.139. The first-order valence-corrected chi connectivity index (χ1v) is 16.3. The molecule has 0 aromatic heterocycles. The summed E-state index contributed by atoms with van der Waals surface area (Å²) in [6, 6.07) is 13.3. The molecule has 1 saturated carbocycles. The number of likely N-dealkylation sites (tertiary alicyclic amines) is 1. The van der Waals surface area contributed by atoms with Gasteiger partial charge in [0.15, 0.2) is 0 Å². The lowest BCUT2D eigenvalue weighted by Crippen LogP contribution is -2.41. The molecule has 1 saturated heterocycles. The van der Waals surface area contributed by atoms with Gasteiger partial charge in [0.05, 0.1) is 12.7 Å². The molecule has 1 heterocycles. The van der Waals surface area contributed by atoms with E-state index < -0.39 is 12.0 Å². The second kappa shape index (κ2) is 15.7. The summed E-state index contributed by atoms with van der Waals surface area (Å²) in [4.78, 5) is 27.7. The van der Waals surface area contributed by atoms with Gasteiger partial charge in [-0.05, 0) is 84.9 Å². The molecule has 1 aliphatic carbocycles. The van der Waals surface area contributed by atoms with Gasteiger partial charge in [-0.15, -0.1) is 0 Å². The minimum atomic E-state index is -1.01. The fourth-order valence-corrected chi connectivity index (χ4v) is 6.62. The molecule has 1 amide bonds. The van der Waals surface area contributed by atoms with E-state index in [1.165, 1.54) is 32.1 Å². The van der Waals surface area contributed by atoms with E-state index in [2.05, 4.69) is 16.3 Å². The molecule has 7 nitrogen and oxygen atoms in total.